The van der Waals surface area contributed by atoms with Crippen LogP contribution in [0, 0.1) is 0 Å². The molecule has 104 valence electrons. The lowest BCUT2D eigenvalue weighted by Gasteiger charge is -2.10. The Hall–Kier alpha value is -2.33. The zero-order valence-corrected chi connectivity index (χ0v) is 11.2. The number of carbonyl (C=O) groups excluding carboxylic acids is 1. The van der Waals surface area contributed by atoms with Crippen LogP contribution in [0.25, 0.3) is 0 Å². The highest BCUT2D eigenvalue weighted by molar-refractivity contribution is 5.76. The van der Waals surface area contributed by atoms with E-state index in [4.69, 9.17) is 4.74 Å². The van der Waals surface area contributed by atoms with Crippen LogP contribution < -0.4 is 4.74 Å². The monoisotopic (exact) mass is 272 g/mol. The number of ether oxygens (including phenoxy) is 2. The van der Waals surface area contributed by atoms with Crippen LogP contribution in [-0.4, -0.2) is 18.2 Å². The highest BCUT2D eigenvalue weighted by atomic mass is 16.5. The standard InChI is InChI=1S/C16H16O4/c1-19-16(18)15(17)13-7-9-14(10-8-13)20-11-12-5-3-2-4-6-12/h2-10,15,17H,11H2,1H3. The quantitative estimate of drug-likeness (QED) is 0.849. The lowest BCUT2D eigenvalue weighted by molar-refractivity contribution is -0.150. The summed E-state index contributed by atoms with van der Waals surface area (Å²) in [5, 5.41) is 9.67. The highest BCUT2D eigenvalue weighted by Gasteiger charge is 2.17. The van der Waals surface area contributed by atoms with E-state index in [9.17, 15) is 9.90 Å². The van der Waals surface area contributed by atoms with E-state index in [1.54, 1.807) is 24.3 Å². The van der Waals surface area contributed by atoms with Crippen LogP contribution in [0.1, 0.15) is 17.2 Å². The summed E-state index contributed by atoms with van der Waals surface area (Å²) in [6.07, 6.45) is -1.26. The third kappa shape index (κ3) is 3.59. The summed E-state index contributed by atoms with van der Waals surface area (Å²) in [5.74, 6) is -0.00220. The van der Waals surface area contributed by atoms with Crippen LogP contribution in [0.3, 0.4) is 0 Å². The largest absolute Gasteiger partial charge is 0.489 e. The van der Waals surface area contributed by atoms with Gasteiger partial charge in [0, 0.05) is 0 Å². The third-order valence-corrected chi connectivity index (χ3v) is 2.87. The molecule has 2 aromatic rings. The predicted molar refractivity (Wildman–Crippen MR) is 74.2 cm³/mol. The van der Waals surface area contributed by atoms with Gasteiger partial charge >= 0.3 is 5.97 Å². The summed E-state index contributed by atoms with van der Waals surface area (Å²) in [6, 6.07) is 16.5. The van der Waals surface area contributed by atoms with E-state index in [1.165, 1.54) is 7.11 Å². The summed E-state index contributed by atoms with van der Waals surface area (Å²) >= 11 is 0. The molecule has 0 amide bonds. The Kier molecular flexibility index (Phi) is 4.74. The van der Waals surface area contributed by atoms with Gasteiger partial charge in [0.15, 0.2) is 6.10 Å². The minimum atomic E-state index is -1.26. The van der Waals surface area contributed by atoms with Crippen molar-refractivity contribution in [3.8, 4) is 5.75 Å². The summed E-state index contributed by atoms with van der Waals surface area (Å²) in [4.78, 5) is 11.2. The van der Waals surface area contributed by atoms with Crippen molar-refractivity contribution in [1.29, 1.82) is 0 Å². The first-order valence-corrected chi connectivity index (χ1v) is 6.23. The molecular weight excluding hydrogens is 256 g/mol. The molecule has 0 aliphatic heterocycles. The van der Waals surface area contributed by atoms with Crippen LogP contribution in [0.2, 0.25) is 0 Å². The minimum Gasteiger partial charge on any atom is -0.489 e. The molecule has 1 unspecified atom stereocenters. The molecule has 1 N–H and O–H groups in total. The van der Waals surface area contributed by atoms with Gasteiger partial charge in [0.05, 0.1) is 7.11 Å². The van der Waals surface area contributed by atoms with E-state index in [0.717, 1.165) is 5.56 Å². The molecule has 0 saturated heterocycles. The van der Waals surface area contributed by atoms with Crippen molar-refractivity contribution in [2.75, 3.05) is 7.11 Å². The van der Waals surface area contributed by atoms with Crippen molar-refractivity contribution >= 4 is 5.97 Å². The van der Waals surface area contributed by atoms with Crippen molar-refractivity contribution in [2.45, 2.75) is 12.7 Å². The van der Waals surface area contributed by atoms with E-state index in [-0.39, 0.29) is 0 Å². The number of aliphatic hydroxyl groups is 1. The summed E-state index contributed by atoms with van der Waals surface area (Å²) in [7, 11) is 1.24. The molecule has 0 bridgehead atoms. The average Bonchev–Trinajstić information content (AvgIpc) is 2.53. The topological polar surface area (TPSA) is 55.8 Å². The Morgan fingerprint density at radius 1 is 1.10 bits per heavy atom. The van der Waals surface area contributed by atoms with E-state index in [0.29, 0.717) is 17.9 Å². The molecule has 0 aliphatic rings. The van der Waals surface area contributed by atoms with E-state index in [1.807, 2.05) is 30.3 Å². The number of aliphatic hydroxyl groups excluding tert-OH is 1. The van der Waals surface area contributed by atoms with Crippen molar-refractivity contribution in [2.24, 2.45) is 0 Å². The van der Waals surface area contributed by atoms with Crippen LogP contribution in [-0.2, 0) is 16.1 Å². The summed E-state index contributed by atoms with van der Waals surface area (Å²) in [5.41, 5.74) is 1.55. The number of benzene rings is 2. The van der Waals surface area contributed by atoms with Gasteiger partial charge in [-0.15, -0.1) is 0 Å². The second-order valence-electron chi connectivity index (χ2n) is 4.27. The predicted octanol–water partition coefficient (Wildman–Crippen LogP) is 2.47. The zero-order chi connectivity index (χ0) is 14.4. The van der Waals surface area contributed by atoms with Crippen molar-refractivity contribution in [3.63, 3.8) is 0 Å². The van der Waals surface area contributed by atoms with Crippen molar-refractivity contribution in [3.05, 3.63) is 65.7 Å². The molecule has 4 heteroatoms. The maximum Gasteiger partial charge on any atom is 0.339 e. The first-order chi connectivity index (χ1) is 9.70. The SMILES string of the molecule is COC(=O)C(O)c1ccc(OCc2ccccc2)cc1. The first kappa shape index (κ1) is 14.1. The van der Waals surface area contributed by atoms with Gasteiger partial charge in [-0.05, 0) is 23.3 Å². The molecule has 0 aliphatic carbocycles. The Labute approximate surface area is 117 Å². The van der Waals surface area contributed by atoms with Gasteiger partial charge in [-0.3, -0.25) is 0 Å². The van der Waals surface area contributed by atoms with Gasteiger partial charge in [-0.25, -0.2) is 4.79 Å². The molecule has 0 aromatic heterocycles. The number of hydrogen-bond acceptors (Lipinski definition) is 4. The number of rotatable bonds is 5. The lowest BCUT2D eigenvalue weighted by atomic mass is 10.1. The van der Waals surface area contributed by atoms with Gasteiger partial charge in [0.2, 0.25) is 0 Å². The Balaban J connectivity index is 1.96. The first-order valence-electron chi connectivity index (χ1n) is 6.23. The Morgan fingerprint density at radius 3 is 2.35 bits per heavy atom. The molecule has 20 heavy (non-hydrogen) atoms. The molecule has 2 aromatic carbocycles. The molecule has 0 heterocycles. The fourth-order valence-corrected chi connectivity index (χ4v) is 1.73. The Bertz CT molecular complexity index is 548. The van der Waals surface area contributed by atoms with Crippen LogP contribution >= 0.6 is 0 Å². The highest BCUT2D eigenvalue weighted by Crippen LogP contribution is 2.19. The number of hydrogen-bond donors (Lipinski definition) is 1. The molecular formula is C16H16O4. The second-order valence-corrected chi connectivity index (χ2v) is 4.27. The van der Waals surface area contributed by atoms with Gasteiger partial charge < -0.3 is 14.6 Å². The second kappa shape index (κ2) is 6.73. The molecule has 4 nitrogen and oxygen atoms in total. The fraction of sp³-hybridized carbons (Fsp3) is 0.188. The summed E-state index contributed by atoms with van der Waals surface area (Å²) in [6.45, 7) is 0.472. The van der Waals surface area contributed by atoms with E-state index >= 15 is 0 Å². The van der Waals surface area contributed by atoms with Crippen LogP contribution in [0.15, 0.2) is 54.6 Å². The molecule has 1 atom stereocenters. The number of methoxy groups -OCH3 is 1. The molecule has 0 saturated carbocycles. The van der Waals surface area contributed by atoms with Gasteiger partial charge in [0.25, 0.3) is 0 Å². The minimum absolute atomic E-state index is 0.472. The van der Waals surface area contributed by atoms with Crippen molar-refractivity contribution < 1.29 is 19.4 Å². The number of carbonyl (C=O) groups is 1. The smallest absolute Gasteiger partial charge is 0.339 e. The molecule has 0 spiro atoms. The normalized spacial score (nSPS) is 11.7. The van der Waals surface area contributed by atoms with Gasteiger partial charge in [0.1, 0.15) is 12.4 Å². The zero-order valence-electron chi connectivity index (χ0n) is 11.2. The Morgan fingerprint density at radius 2 is 1.75 bits per heavy atom. The number of esters is 1. The summed E-state index contributed by atoms with van der Waals surface area (Å²) < 4.78 is 10.1. The average molecular weight is 272 g/mol. The van der Waals surface area contributed by atoms with Crippen LogP contribution in [0.5, 0.6) is 5.75 Å². The van der Waals surface area contributed by atoms with Crippen molar-refractivity contribution in [1.82, 2.24) is 0 Å². The molecule has 2 rings (SSSR count). The fourth-order valence-electron chi connectivity index (χ4n) is 1.73. The van der Waals surface area contributed by atoms with E-state index in [2.05, 4.69) is 4.74 Å². The van der Waals surface area contributed by atoms with E-state index < -0.39 is 12.1 Å². The van der Waals surface area contributed by atoms with Gasteiger partial charge in [-0.1, -0.05) is 42.5 Å². The molecule has 0 fully saturated rings. The van der Waals surface area contributed by atoms with Crippen LogP contribution in [0.4, 0.5) is 0 Å². The lowest BCUT2D eigenvalue weighted by Crippen LogP contribution is -2.13. The maximum absolute atomic E-state index is 11.2. The molecule has 0 radical (unpaired) electrons. The third-order valence-electron chi connectivity index (χ3n) is 2.87. The maximum atomic E-state index is 11.2. The van der Waals surface area contributed by atoms with Gasteiger partial charge in [-0.2, -0.15) is 0 Å².